The summed E-state index contributed by atoms with van der Waals surface area (Å²) < 4.78 is 2.15. The zero-order valence-corrected chi connectivity index (χ0v) is 13.5. The SMILES string of the molecule is ClCc1nc2cc(Cl)ccc2n1CCc1ccc(Cl)cc1. The number of alkyl halides is 1. The fourth-order valence-electron chi connectivity index (χ4n) is 2.40. The first-order valence-electron chi connectivity index (χ1n) is 6.62. The van der Waals surface area contributed by atoms with Gasteiger partial charge in [-0.3, -0.25) is 0 Å². The lowest BCUT2D eigenvalue weighted by Crippen LogP contribution is -2.05. The van der Waals surface area contributed by atoms with Crippen molar-refractivity contribution in [1.29, 1.82) is 0 Å². The highest BCUT2D eigenvalue weighted by Crippen LogP contribution is 2.22. The molecule has 0 N–H and O–H groups in total. The fraction of sp³-hybridized carbons (Fsp3) is 0.188. The monoisotopic (exact) mass is 338 g/mol. The van der Waals surface area contributed by atoms with Crippen LogP contribution in [0.4, 0.5) is 0 Å². The van der Waals surface area contributed by atoms with Crippen LogP contribution in [0.2, 0.25) is 10.0 Å². The third-order valence-electron chi connectivity index (χ3n) is 3.45. The maximum Gasteiger partial charge on any atom is 0.124 e. The highest BCUT2D eigenvalue weighted by Gasteiger charge is 2.10. The maximum absolute atomic E-state index is 6.02. The molecule has 2 aromatic carbocycles. The number of rotatable bonds is 4. The topological polar surface area (TPSA) is 17.8 Å². The van der Waals surface area contributed by atoms with Crippen LogP contribution < -0.4 is 0 Å². The molecule has 0 bridgehead atoms. The van der Waals surface area contributed by atoms with Gasteiger partial charge in [-0.05, 0) is 42.3 Å². The second-order valence-electron chi connectivity index (χ2n) is 4.82. The van der Waals surface area contributed by atoms with Crippen molar-refractivity contribution >= 4 is 45.8 Å². The molecule has 21 heavy (non-hydrogen) atoms. The predicted octanol–water partition coefficient (Wildman–Crippen LogP) is 5.32. The van der Waals surface area contributed by atoms with Gasteiger partial charge in [0.2, 0.25) is 0 Å². The summed E-state index contributed by atoms with van der Waals surface area (Å²) in [5, 5.41) is 1.44. The van der Waals surface area contributed by atoms with Crippen LogP contribution in [-0.2, 0) is 18.8 Å². The van der Waals surface area contributed by atoms with Crippen molar-refractivity contribution in [2.75, 3.05) is 0 Å². The van der Waals surface area contributed by atoms with Gasteiger partial charge >= 0.3 is 0 Å². The molecule has 0 amide bonds. The summed E-state index contributed by atoms with van der Waals surface area (Å²) >= 11 is 17.9. The first kappa shape index (κ1) is 14.7. The molecule has 0 unspecified atom stereocenters. The number of aromatic nitrogens is 2. The van der Waals surface area contributed by atoms with Crippen molar-refractivity contribution in [3.05, 3.63) is 63.9 Å². The van der Waals surface area contributed by atoms with Gasteiger partial charge in [-0.1, -0.05) is 35.3 Å². The normalized spacial score (nSPS) is 11.2. The molecule has 0 fully saturated rings. The van der Waals surface area contributed by atoms with Gasteiger partial charge in [0.25, 0.3) is 0 Å². The van der Waals surface area contributed by atoms with Crippen molar-refractivity contribution in [3.63, 3.8) is 0 Å². The van der Waals surface area contributed by atoms with Crippen molar-refractivity contribution in [3.8, 4) is 0 Å². The zero-order chi connectivity index (χ0) is 14.8. The van der Waals surface area contributed by atoms with E-state index in [4.69, 9.17) is 34.8 Å². The van der Waals surface area contributed by atoms with Gasteiger partial charge in [0, 0.05) is 16.6 Å². The Kier molecular flexibility index (Phi) is 4.39. The van der Waals surface area contributed by atoms with Crippen LogP contribution in [0.15, 0.2) is 42.5 Å². The Labute approximate surface area is 138 Å². The van der Waals surface area contributed by atoms with Crippen molar-refractivity contribution < 1.29 is 0 Å². The molecule has 0 aliphatic carbocycles. The quantitative estimate of drug-likeness (QED) is 0.588. The Bertz CT molecular complexity index is 763. The van der Waals surface area contributed by atoms with E-state index in [-0.39, 0.29) is 0 Å². The Morgan fingerprint density at radius 3 is 2.38 bits per heavy atom. The van der Waals surface area contributed by atoms with E-state index in [1.807, 2.05) is 42.5 Å². The number of nitrogens with zero attached hydrogens (tertiary/aromatic N) is 2. The summed E-state index contributed by atoms with van der Waals surface area (Å²) in [6, 6.07) is 13.6. The predicted molar refractivity (Wildman–Crippen MR) is 89.5 cm³/mol. The van der Waals surface area contributed by atoms with Crippen LogP contribution in [0.5, 0.6) is 0 Å². The first-order valence-corrected chi connectivity index (χ1v) is 7.91. The van der Waals surface area contributed by atoms with E-state index < -0.39 is 0 Å². The number of hydrogen-bond acceptors (Lipinski definition) is 1. The van der Waals surface area contributed by atoms with Crippen LogP contribution in [0.3, 0.4) is 0 Å². The van der Waals surface area contributed by atoms with Crippen LogP contribution in [0.25, 0.3) is 11.0 Å². The average molecular weight is 340 g/mol. The average Bonchev–Trinajstić information content (AvgIpc) is 2.83. The van der Waals surface area contributed by atoms with Gasteiger partial charge in [-0.25, -0.2) is 4.98 Å². The van der Waals surface area contributed by atoms with Gasteiger partial charge in [-0.2, -0.15) is 0 Å². The molecular weight excluding hydrogens is 327 g/mol. The van der Waals surface area contributed by atoms with Gasteiger partial charge < -0.3 is 4.57 Å². The number of aryl methyl sites for hydroxylation is 2. The second-order valence-corrected chi connectivity index (χ2v) is 5.96. The van der Waals surface area contributed by atoms with Crippen molar-refractivity contribution in [2.45, 2.75) is 18.8 Å². The molecular formula is C16H13Cl3N2. The summed E-state index contributed by atoms with van der Waals surface area (Å²) in [6.07, 6.45) is 0.898. The third-order valence-corrected chi connectivity index (χ3v) is 4.17. The number of halogens is 3. The van der Waals surface area contributed by atoms with Crippen LogP contribution in [0.1, 0.15) is 11.4 Å². The fourth-order valence-corrected chi connectivity index (χ4v) is 2.89. The number of fused-ring (bicyclic) bond motifs is 1. The lowest BCUT2D eigenvalue weighted by molar-refractivity contribution is 0.688. The highest BCUT2D eigenvalue weighted by atomic mass is 35.5. The summed E-state index contributed by atoms with van der Waals surface area (Å²) in [4.78, 5) is 4.54. The van der Waals surface area contributed by atoms with Gasteiger partial charge in [0.05, 0.1) is 16.9 Å². The van der Waals surface area contributed by atoms with Gasteiger partial charge in [-0.15, -0.1) is 11.6 Å². The summed E-state index contributed by atoms with van der Waals surface area (Å²) in [5.41, 5.74) is 3.18. The molecule has 0 atom stereocenters. The molecule has 0 saturated heterocycles. The second kappa shape index (κ2) is 6.27. The van der Waals surface area contributed by atoms with Gasteiger partial charge in [0.1, 0.15) is 5.82 Å². The van der Waals surface area contributed by atoms with Crippen molar-refractivity contribution in [1.82, 2.24) is 9.55 Å². The van der Waals surface area contributed by atoms with Crippen molar-refractivity contribution in [2.24, 2.45) is 0 Å². The Morgan fingerprint density at radius 1 is 0.952 bits per heavy atom. The molecule has 1 heterocycles. The zero-order valence-electron chi connectivity index (χ0n) is 11.2. The van der Waals surface area contributed by atoms with Gasteiger partial charge in [0.15, 0.2) is 0 Å². The number of hydrogen-bond donors (Lipinski definition) is 0. The molecule has 5 heteroatoms. The van der Waals surface area contributed by atoms with E-state index in [1.165, 1.54) is 5.56 Å². The summed E-state index contributed by atoms with van der Waals surface area (Å²) in [5.74, 6) is 1.25. The highest BCUT2D eigenvalue weighted by molar-refractivity contribution is 6.31. The number of imidazole rings is 1. The number of benzene rings is 2. The standard InChI is InChI=1S/C16H13Cl3N2/c17-10-16-20-14-9-13(19)5-6-15(14)21(16)8-7-11-1-3-12(18)4-2-11/h1-6,9H,7-8,10H2. The molecule has 108 valence electrons. The molecule has 3 aromatic rings. The third kappa shape index (κ3) is 3.18. The summed E-state index contributed by atoms with van der Waals surface area (Å²) in [6.45, 7) is 0.821. The van der Waals surface area contributed by atoms with E-state index in [0.717, 1.165) is 34.8 Å². The van der Waals surface area contributed by atoms with E-state index in [0.29, 0.717) is 10.9 Å². The minimum absolute atomic E-state index is 0.382. The molecule has 0 saturated carbocycles. The van der Waals surface area contributed by atoms with Crippen LogP contribution in [-0.4, -0.2) is 9.55 Å². The minimum atomic E-state index is 0.382. The maximum atomic E-state index is 6.02. The molecule has 1 aromatic heterocycles. The van der Waals surface area contributed by atoms with E-state index in [1.54, 1.807) is 0 Å². The lowest BCUT2D eigenvalue weighted by atomic mass is 10.1. The molecule has 0 spiro atoms. The first-order chi connectivity index (χ1) is 10.2. The molecule has 2 nitrogen and oxygen atoms in total. The lowest BCUT2D eigenvalue weighted by Gasteiger charge is -2.08. The Hall–Kier alpha value is -1.22. The molecule has 3 rings (SSSR count). The summed E-state index contributed by atoms with van der Waals surface area (Å²) in [7, 11) is 0. The van der Waals surface area contributed by atoms with Crippen LogP contribution in [0, 0.1) is 0 Å². The van der Waals surface area contributed by atoms with Crippen LogP contribution >= 0.6 is 34.8 Å². The molecule has 0 aliphatic rings. The van der Waals surface area contributed by atoms with E-state index >= 15 is 0 Å². The Balaban J connectivity index is 1.90. The smallest absolute Gasteiger partial charge is 0.124 e. The largest absolute Gasteiger partial charge is 0.327 e. The van der Waals surface area contributed by atoms with E-state index in [9.17, 15) is 0 Å². The molecule has 0 radical (unpaired) electrons. The van der Waals surface area contributed by atoms with E-state index in [2.05, 4.69) is 9.55 Å². The molecule has 0 aliphatic heterocycles. The Morgan fingerprint density at radius 2 is 1.67 bits per heavy atom. The minimum Gasteiger partial charge on any atom is -0.327 e.